The van der Waals surface area contributed by atoms with Crippen molar-refractivity contribution >= 4 is 27.6 Å². The minimum absolute atomic E-state index is 0.0106. The molecule has 0 saturated carbocycles. The summed E-state index contributed by atoms with van der Waals surface area (Å²) in [5.74, 6) is 0. The third kappa shape index (κ3) is 4.06. The van der Waals surface area contributed by atoms with Gasteiger partial charge in [-0.2, -0.15) is 0 Å². The fraction of sp³-hybridized carbons (Fsp3) is 0.333. The minimum atomic E-state index is -0.0106. The lowest BCUT2D eigenvalue weighted by Gasteiger charge is -2.36. The molecule has 0 aliphatic carbocycles. The quantitative estimate of drug-likeness (QED) is 0.877. The molecule has 2 amide bonds. The summed E-state index contributed by atoms with van der Waals surface area (Å²) < 4.78 is 1.12. The van der Waals surface area contributed by atoms with Crippen molar-refractivity contribution < 1.29 is 4.79 Å². The molecule has 1 aliphatic rings. The predicted octanol–water partition coefficient (Wildman–Crippen LogP) is 3.18. The molecule has 0 unspecified atom stereocenters. The molecule has 0 spiro atoms. The lowest BCUT2D eigenvalue weighted by Crippen LogP contribution is -2.51. The zero-order valence-electron chi connectivity index (χ0n) is 13.7. The van der Waals surface area contributed by atoms with Crippen LogP contribution in [0.1, 0.15) is 11.1 Å². The number of rotatable bonds is 3. The topological polar surface area (TPSA) is 48.5 Å². The Morgan fingerprint density at radius 3 is 2.71 bits per heavy atom. The molecule has 2 aromatic rings. The SMILES string of the molecule is Cc1ccc(N2CCN(C(=O)NCc3cccnc3)CC2)cc1Br. The molecule has 1 N–H and O–H groups in total. The van der Waals surface area contributed by atoms with E-state index in [1.807, 2.05) is 17.0 Å². The Kier molecular flexibility index (Phi) is 5.35. The van der Waals surface area contributed by atoms with E-state index in [-0.39, 0.29) is 6.03 Å². The number of halogens is 1. The maximum atomic E-state index is 12.3. The largest absolute Gasteiger partial charge is 0.368 e. The zero-order valence-corrected chi connectivity index (χ0v) is 15.3. The summed E-state index contributed by atoms with van der Waals surface area (Å²) >= 11 is 3.58. The van der Waals surface area contributed by atoms with Crippen LogP contribution in [0.25, 0.3) is 0 Å². The molecule has 1 fully saturated rings. The molecule has 1 aromatic carbocycles. The van der Waals surface area contributed by atoms with Gasteiger partial charge in [0.05, 0.1) is 0 Å². The van der Waals surface area contributed by atoms with E-state index in [2.05, 4.69) is 56.3 Å². The van der Waals surface area contributed by atoms with E-state index >= 15 is 0 Å². The van der Waals surface area contributed by atoms with Gasteiger partial charge in [0.1, 0.15) is 0 Å². The Morgan fingerprint density at radius 1 is 1.25 bits per heavy atom. The van der Waals surface area contributed by atoms with Crippen molar-refractivity contribution in [2.45, 2.75) is 13.5 Å². The van der Waals surface area contributed by atoms with Crippen LogP contribution in [-0.2, 0) is 6.54 Å². The molecule has 1 aromatic heterocycles. The van der Waals surface area contributed by atoms with E-state index in [0.29, 0.717) is 6.54 Å². The van der Waals surface area contributed by atoms with Crippen LogP contribution in [0.2, 0.25) is 0 Å². The van der Waals surface area contributed by atoms with Crippen molar-refractivity contribution in [2.24, 2.45) is 0 Å². The number of nitrogens with one attached hydrogen (secondary N) is 1. The summed E-state index contributed by atoms with van der Waals surface area (Å²) in [6, 6.07) is 10.2. The zero-order chi connectivity index (χ0) is 16.9. The Bertz CT molecular complexity index is 699. The van der Waals surface area contributed by atoms with Gasteiger partial charge in [-0.15, -0.1) is 0 Å². The number of carbonyl (C=O) groups is 1. The van der Waals surface area contributed by atoms with Crippen molar-refractivity contribution in [3.05, 3.63) is 58.3 Å². The molecule has 6 heteroatoms. The van der Waals surface area contributed by atoms with E-state index in [4.69, 9.17) is 0 Å². The maximum absolute atomic E-state index is 12.3. The highest BCUT2D eigenvalue weighted by Crippen LogP contribution is 2.24. The normalized spacial score (nSPS) is 14.6. The first kappa shape index (κ1) is 16.8. The van der Waals surface area contributed by atoms with Crippen molar-refractivity contribution in [3.8, 4) is 0 Å². The third-order valence-electron chi connectivity index (χ3n) is 4.25. The molecule has 1 saturated heterocycles. The molecule has 126 valence electrons. The Balaban J connectivity index is 1.51. The van der Waals surface area contributed by atoms with Gasteiger partial charge in [-0.3, -0.25) is 4.98 Å². The number of urea groups is 1. The summed E-state index contributed by atoms with van der Waals surface area (Å²) in [6.07, 6.45) is 3.50. The van der Waals surface area contributed by atoms with Crippen LogP contribution in [0.3, 0.4) is 0 Å². The second kappa shape index (κ2) is 7.66. The van der Waals surface area contributed by atoms with E-state index in [1.165, 1.54) is 11.3 Å². The van der Waals surface area contributed by atoms with E-state index in [1.54, 1.807) is 12.4 Å². The standard InChI is InChI=1S/C18H21BrN4O/c1-14-4-5-16(11-17(14)19)22-7-9-23(10-8-22)18(24)21-13-15-3-2-6-20-12-15/h2-6,11-12H,7-10,13H2,1H3,(H,21,24). The van der Waals surface area contributed by atoms with Crippen LogP contribution >= 0.6 is 15.9 Å². The summed E-state index contributed by atoms with van der Waals surface area (Å²) in [5, 5.41) is 2.96. The fourth-order valence-electron chi connectivity index (χ4n) is 2.74. The Morgan fingerprint density at radius 2 is 2.04 bits per heavy atom. The van der Waals surface area contributed by atoms with Gasteiger partial charge in [-0.25, -0.2) is 4.79 Å². The summed E-state index contributed by atoms with van der Waals surface area (Å²) in [7, 11) is 0. The number of amides is 2. The molecule has 3 rings (SSSR count). The molecule has 0 radical (unpaired) electrons. The average molecular weight is 389 g/mol. The van der Waals surface area contributed by atoms with Crippen molar-refractivity contribution in [2.75, 3.05) is 31.1 Å². The van der Waals surface area contributed by atoms with Gasteiger partial charge in [-0.1, -0.05) is 28.1 Å². The average Bonchev–Trinajstić information content (AvgIpc) is 2.63. The number of piperazine rings is 1. The van der Waals surface area contributed by atoms with Crippen LogP contribution in [0, 0.1) is 6.92 Å². The molecule has 24 heavy (non-hydrogen) atoms. The number of anilines is 1. The van der Waals surface area contributed by atoms with Gasteiger partial charge in [0, 0.05) is 55.3 Å². The number of pyridine rings is 1. The van der Waals surface area contributed by atoms with Gasteiger partial charge < -0.3 is 15.1 Å². The lowest BCUT2D eigenvalue weighted by atomic mass is 10.2. The summed E-state index contributed by atoms with van der Waals surface area (Å²) in [4.78, 5) is 20.5. The highest BCUT2D eigenvalue weighted by Gasteiger charge is 2.21. The summed E-state index contributed by atoms with van der Waals surface area (Å²) in [6.45, 7) is 5.73. The second-order valence-electron chi connectivity index (χ2n) is 5.93. The van der Waals surface area contributed by atoms with Crippen LogP contribution in [0.15, 0.2) is 47.2 Å². The second-order valence-corrected chi connectivity index (χ2v) is 6.78. The Hall–Kier alpha value is -2.08. The van der Waals surface area contributed by atoms with Crippen LogP contribution in [0.5, 0.6) is 0 Å². The number of hydrogen-bond acceptors (Lipinski definition) is 3. The molecule has 1 aliphatic heterocycles. The van der Waals surface area contributed by atoms with Crippen LogP contribution in [-0.4, -0.2) is 42.1 Å². The van der Waals surface area contributed by atoms with Crippen LogP contribution in [0.4, 0.5) is 10.5 Å². The highest BCUT2D eigenvalue weighted by molar-refractivity contribution is 9.10. The molecule has 2 heterocycles. The number of aryl methyl sites for hydroxylation is 1. The molecule has 5 nitrogen and oxygen atoms in total. The van der Waals surface area contributed by atoms with Crippen molar-refractivity contribution in [1.82, 2.24) is 15.2 Å². The number of aromatic nitrogens is 1. The maximum Gasteiger partial charge on any atom is 0.317 e. The van der Waals surface area contributed by atoms with Gasteiger partial charge in [0.2, 0.25) is 0 Å². The van der Waals surface area contributed by atoms with Gasteiger partial charge in [0.15, 0.2) is 0 Å². The molecular formula is C18H21BrN4O. The molecule has 0 bridgehead atoms. The first-order valence-electron chi connectivity index (χ1n) is 8.06. The number of carbonyl (C=O) groups excluding carboxylic acids is 1. The van der Waals surface area contributed by atoms with E-state index in [9.17, 15) is 4.79 Å². The first-order chi connectivity index (χ1) is 11.6. The molecule has 0 atom stereocenters. The Labute approximate surface area is 150 Å². The van der Waals surface area contributed by atoms with Gasteiger partial charge >= 0.3 is 6.03 Å². The van der Waals surface area contributed by atoms with Crippen molar-refractivity contribution in [3.63, 3.8) is 0 Å². The number of benzene rings is 1. The third-order valence-corrected chi connectivity index (χ3v) is 5.11. The predicted molar refractivity (Wildman–Crippen MR) is 99.1 cm³/mol. The lowest BCUT2D eigenvalue weighted by molar-refractivity contribution is 0.194. The smallest absolute Gasteiger partial charge is 0.317 e. The fourth-order valence-corrected chi connectivity index (χ4v) is 3.11. The van der Waals surface area contributed by atoms with E-state index in [0.717, 1.165) is 36.2 Å². The highest BCUT2D eigenvalue weighted by atomic mass is 79.9. The van der Waals surface area contributed by atoms with Crippen LogP contribution < -0.4 is 10.2 Å². The number of nitrogens with zero attached hydrogens (tertiary/aromatic N) is 3. The first-order valence-corrected chi connectivity index (χ1v) is 8.85. The van der Waals surface area contributed by atoms with Gasteiger partial charge in [0.25, 0.3) is 0 Å². The summed E-state index contributed by atoms with van der Waals surface area (Å²) in [5.41, 5.74) is 3.43. The number of hydrogen-bond donors (Lipinski definition) is 1. The van der Waals surface area contributed by atoms with Crippen molar-refractivity contribution in [1.29, 1.82) is 0 Å². The van der Waals surface area contributed by atoms with E-state index < -0.39 is 0 Å². The van der Waals surface area contributed by atoms with Gasteiger partial charge in [-0.05, 0) is 36.2 Å². The monoisotopic (exact) mass is 388 g/mol. The minimum Gasteiger partial charge on any atom is -0.368 e. The molecular weight excluding hydrogens is 368 g/mol.